The Morgan fingerprint density at radius 2 is 2.28 bits per heavy atom. The second kappa shape index (κ2) is 5.29. The number of aromatic nitrogens is 2. The molecule has 2 aromatic rings. The smallest absolute Gasteiger partial charge is 0.123 e. The molecule has 0 radical (unpaired) electrons. The number of hydrogen-bond donors (Lipinski definition) is 2. The summed E-state index contributed by atoms with van der Waals surface area (Å²) in [5.41, 5.74) is 5.75. The fourth-order valence-electron chi connectivity index (χ4n) is 2.02. The molecule has 5 heteroatoms. The van der Waals surface area contributed by atoms with Crippen molar-refractivity contribution in [1.29, 1.82) is 0 Å². The number of aryl methyl sites for hydroxylation is 1. The predicted molar refractivity (Wildman–Crippen MR) is 68.1 cm³/mol. The molecule has 0 fully saturated rings. The summed E-state index contributed by atoms with van der Waals surface area (Å²) < 4.78 is 14.9. The zero-order chi connectivity index (χ0) is 13.1. The van der Waals surface area contributed by atoms with Crippen molar-refractivity contribution in [3.8, 4) is 0 Å². The molecule has 3 N–H and O–H groups in total. The molecule has 18 heavy (non-hydrogen) atoms. The Labute approximate surface area is 106 Å². The van der Waals surface area contributed by atoms with Gasteiger partial charge in [0, 0.05) is 18.3 Å². The third-order valence-corrected chi connectivity index (χ3v) is 3.18. The first-order chi connectivity index (χ1) is 8.61. The highest BCUT2D eigenvalue weighted by molar-refractivity contribution is 5.25. The minimum Gasteiger partial charge on any atom is -0.273 e. The summed E-state index contributed by atoms with van der Waals surface area (Å²) in [6.07, 6.45) is 2.42. The molecule has 0 aliphatic rings. The quantitative estimate of drug-likeness (QED) is 0.638. The molecule has 0 spiro atoms. The molecule has 1 aromatic carbocycles. The molecule has 1 unspecified atom stereocenters. The summed E-state index contributed by atoms with van der Waals surface area (Å²) in [6.45, 7) is 1.98. The minimum atomic E-state index is -0.230. The Morgan fingerprint density at radius 3 is 2.83 bits per heavy atom. The van der Waals surface area contributed by atoms with E-state index in [1.807, 2.05) is 20.0 Å². The second-order valence-electron chi connectivity index (χ2n) is 4.36. The number of benzene rings is 1. The van der Waals surface area contributed by atoms with Gasteiger partial charge in [0.15, 0.2) is 0 Å². The van der Waals surface area contributed by atoms with Gasteiger partial charge in [-0.15, -0.1) is 0 Å². The number of rotatable bonds is 4. The van der Waals surface area contributed by atoms with E-state index in [1.165, 1.54) is 12.1 Å². The van der Waals surface area contributed by atoms with Crippen LogP contribution in [-0.4, -0.2) is 9.78 Å². The highest BCUT2D eigenvalue weighted by Gasteiger charge is 2.16. The van der Waals surface area contributed by atoms with Crippen LogP contribution in [0, 0.1) is 12.7 Å². The third kappa shape index (κ3) is 2.57. The van der Waals surface area contributed by atoms with Gasteiger partial charge in [-0.25, -0.2) is 4.39 Å². The fraction of sp³-hybridized carbons (Fsp3) is 0.308. The van der Waals surface area contributed by atoms with Gasteiger partial charge >= 0.3 is 0 Å². The summed E-state index contributed by atoms with van der Waals surface area (Å²) >= 11 is 0. The molecule has 0 amide bonds. The van der Waals surface area contributed by atoms with Gasteiger partial charge in [0.2, 0.25) is 0 Å². The molecular weight excluding hydrogens is 231 g/mol. The van der Waals surface area contributed by atoms with Crippen LogP contribution >= 0.6 is 0 Å². The first-order valence-corrected chi connectivity index (χ1v) is 5.81. The van der Waals surface area contributed by atoms with Crippen LogP contribution in [0.5, 0.6) is 0 Å². The standard InChI is InChI=1S/C13H17FN4/c1-9-12(8-16-18(9)2)13(17-15)7-10-4-3-5-11(14)6-10/h3-6,8,13,17H,7,15H2,1-2H3. The lowest BCUT2D eigenvalue weighted by Gasteiger charge is -2.15. The fourth-order valence-corrected chi connectivity index (χ4v) is 2.02. The van der Waals surface area contributed by atoms with Crippen LogP contribution in [0.3, 0.4) is 0 Å². The van der Waals surface area contributed by atoms with Crippen molar-refractivity contribution in [3.05, 3.63) is 53.1 Å². The van der Waals surface area contributed by atoms with E-state index in [4.69, 9.17) is 5.84 Å². The summed E-state index contributed by atoms with van der Waals surface area (Å²) in [5.74, 6) is 5.36. The van der Waals surface area contributed by atoms with Crippen molar-refractivity contribution in [3.63, 3.8) is 0 Å². The van der Waals surface area contributed by atoms with Gasteiger partial charge in [0.05, 0.1) is 12.2 Å². The zero-order valence-electron chi connectivity index (χ0n) is 10.5. The topological polar surface area (TPSA) is 55.9 Å². The molecule has 96 valence electrons. The Bertz CT molecular complexity index is 536. The number of nitrogens with zero attached hydrogens (tertiary/aromatic N) is 2. The van der Waals surface area contributed by atoms with Crippen LogP contribution in [0.15, 0.2) is 30.5 Å². The molecule has 0 saturated heterocycles. The van der Waals surface area contributed by atoms with Gasteiger partial charge in [-0.3, -0.25) is 16.0 Å². The highest BCUT2D eigenvalue weighted by atomic mass is 19.1. The number of nitrogens with one attached hydrogen (secondary N) is 1. The van der Waals surface area contributed by atoms with Gasteiger partial charge in [0.1, 0.15) is 5.82 Å². The maximum absolute atomic E-state index is 13.1. The zero-order valence-corrected chi connectivity index (χ0v) is 10.5. The van der Waals surface area contributed by atoms with Crippen molar-refractivity contribution in [2.24, 2.45) is 12.9 Å². The van der Waals surface area contributed by atoms with E-state index in [9.17, 15) is 4.39 Å². The molecule has 0 bridgehead atoms. The molecule has 0 aliphatic heterocycles. The largest absolute Gasteiger partial charge is 0.273 e. The SMILES string of the molecule is Cc1c(C(Cc2cccc(F)c2)NN)cnn1C. The Kier molecular flexibility index (Phi) is 3.74. The van der Waals surface area contributed by atoms with E-state index in [-0.39, 0.29) is 11.9 Å². The molecule has 4 nitrogen and oxygen atoms in total. The Morgan fingerprint density at radius 1 is 1.50 bits per heavy atom. The van der Waals surface area contributed by atoms with Crippen LogP contribution in [0.1, 0.15) is 22.9 Å². The molecule has 1 heterocycles. The van der Waals surface area contributed by atoms with E-state index in [1.54, 1.807) is 16.9 Å². The Balaban J connectivity index is 2.22. The maximum atomic E-state index is 13.1. The first-order valence-electron chi connectivity index (χ1n) is 5.81. The van der Waals surface area contributed by atoms with E-state index in [0.717, 1.165) is 16.8 Å². The second-order valence-corrected chi connectivity index (χ2v) is 4.36. The maximum Gasteiger partial charge on any atom is 0.123 e. The van der Waals surface area contributed by atoms with Crippen LogP contribution in [0.25, 0.3) is 0 Å². The Hall–Kier alpha value is -1.72. The van der Waals surface area contributed by atoms with Crippen LogP contribution in [-0.2, 0) is 13.5 Å². The molecule has 0 saturated carbocycles. The average Bonchev–Trinajstić information content (AvgIpc) is 2.67. The van der Waals surface area contributed by atoms with Crippen LogP contribution < -0.4 is 11.3 Å². The van der Waals surface area contributed by atoms with Gasteiger partial charge in [-0.05, 0) is 31.0 Å². The lowest BCUT2D eigenvalue weighted by molar-refractivity contribution is 0.545. The summed E-state index contributed by atoms with van der Waals surface area (Å²) in [4.78, 5) is 0. The summed E-state index contributed by atoms with van der Waals surface area (Å²) in [5, 5.41) is 4.19. The van der Waals surface area contributed by atoms with Crippen molar-refractivity contribution < 1.29 is 4.39 Å². The normalized spacial score (nSPS) is 12.7. The monoisotopic (exact) mass is 248 g/mol. The summed E-state index contributed by atoms with van der Waals surface area (Å²) in [6, 6.07) is 6.48. The molecular formula is C13H17FN4. The van der Waals surface area contributed by atoms with E-state index in [0.29, 0.717) is 6.42 Å². The molecule has 1 atom stereocenters. The van der Waals surface area contributed by atoms with Gasteiger partial charge in [0.25, 0.3) is 0 Å². The number of nitrogens with two attached hydrogens (primary N) is 1. The van der Waals surface area contributed by atoms with E-state index in [2.05, 4.69) is 10.5 Å². The lowest BCUT2D eigenvalue weighted by Crippen LogP contribution is -2.30. The molecule has 0 aliphatic carbocycles. The van der Waals surface area contributed by atoms with E-state index >= 15 is 0 Å². The van der Waals surface area contributed by atoms with Gasteiger partial charge in [-0.1, -0.05) is 12.1 Å². The molecule has 1 aromatic heterocycles. The predicted octanol–water partition coefficient (Wildman–Crippen LogP) is 1.61. The number of halogens is 1. The van der Waals surface area contributed by atoms with Crippen molar-refractivity contribution in [1.82, 2.24) is 15.2 Å². The first kappa shape index (κ1) is 12.7. The van der Waals surface area contributed by atoms with Crippen LogP contribution in [0.2, 0.25) is 0 Å². The van der Waals surface area contributed by atoms with Crippen molar-refractivity contribution >= 4 is 0 Å². The lowest BCUT2D eigenvalue weighted by atomic mass is 10.00. The van der Waals surface area contributed by atoms with Gasteiger partial charge in [-0.2, -0.15) is 5.10 Å². The van der Waals surface area contributed by atoms with Gasteiger partial charge < -0.3 is 0 Å². The van der Waals surface area contributed by atoms with Crippen molar-refractivity contribution in [2.75, 3.05) is 0 Å². The molecule has 2 rings (SSSR count). The summed E-state index contributed by atoms with van der Waals surface area (Å²) in [7, 11) is 1.88. The number of hydrazine groups is 1. The number of hydrogen-bond acceptors (Lipinski definition) is 3. The highest BCUT2D eigenvalue weighted by Crippen LogP contribution is 2.20. The van der Waals surface area contributed by atoms with E-state index < -0.39 is 0 Å². The average molecular weight is 248 g/mol. The minimum absolute atomic E-state index is 0.0690. The van der Waals surface area contributed by atoms with Crippen LogP contribution in [0.4, 0.5) is 4.39 Å². The van der Waals surface area contributed by atoms with Crippen molar-refractivity contribution in [2.45, 2.75) is 19.4 Å². The third-order valence-electron chi connectivity index (χ3n) is 3.18.